The van der Waals surface area contributed by atoms with E-state index in [4.69, 9.17) is 4.74 Å². The van der Waals surface area contributed by atoms with Crippen molar-refractivity contribution in [2.75, 3.05) is 46.4 Å². The Balaban J connectivity index is 0.00000625. The minimum atomic E-state index is 0. The fourth-order valence-corrected chi connectivity index (χ4v) is 2.45. The lowest BCUT2D eigenvalue weighted by Gasteiger charge is -2.25. The second kappa shape index (κ2) is 13.7. The van der Waals surface area contributed by atoms with E-state index in [1.165, 1.54) is 0 Å². The van der Waals surface area contributed by atoms with Crippen molar-refractivity contribution in [2.45, 2.75) is 27.7 Å². The van der Waals surface area contributed by atoms with Gasteiger partial charge in [0.05, 0.1) is 13.1 Å². The molecule has 1 aromatic rings. The molecular formula is C19H33IN4O2. The van der Waals surface area contributed by atoms with E-state index < -0.39 is 0 Å². The van der Waals surface area contributed by atoms with Crippen LogP contribution in [0, 0.1) is 6.92 Å². The molecule has 0 spiro atoms. The quantitative estimate of drug-likeness (QED) is 0.258. The summed E-state index contributed by atoms with van der Waals surface area (Å²) in [5.74, 6) is 1.71. The van der Waals surface area contributed by atoms with E-state index in [2.05, 4.69) is 10.3 Å². The van der Waals surface area contributed by atoms with Gasteiger partial charge in [0, 0.05) is 26.7 Å². The Morgan fingerprint density at radius 2 is 1.85 bits per heavy atom. The number of aliphatic imine (C=N–C) groups is 1. The molecule has 7 heteroatoms. The Kier molecular flexibility index (Phi) is 12.9. The zero-order valence-electron chi connectivity index (χ0n) is 16.6. The standard InChI is InChI=1S/C19H32N4O2.HI/c1-6-20-19(22(5)15-18(24)23(7-2)8-3)21-13-14-25-17-12-10-9-11-16(17)4;/h9-12H,6-8,13-15H2,1-5H3,(H,20,21);1H. The van der Waals surface area contributed by atoms with Crippen molar-refractivity contribution in [1.29, 1.82) is 0 Å². The zero-order chi connectivity index (χ0) is 18.7. The number of carbonyl (C=O) groups excluding carboxylic acids is 1. The van der Waals surface area contributed by atoms with Gasteiger partial charge in [0.1, 0.15) is 12.4 Å². The van der Waals surface area contributed by atoms with Crippen LogP contribution in [0.25, 0.3) is 0 Å². The maximum absolute atomic E-state index is 12.3. The first kappa shape index (κ1) is 24.5. The summed E-state index contributed by atoms with van der Waals surface area (Å²) in [6, 6.07) is 7.93. The summed E-state index contributed by atoms with van der Waals surface area (Å²) in [6.45, 7) is 11.6. The minimum absolute atomic E-state index is 0. The number of halogens is 1. The van der Waals surface area contributed by atoms with Crippen molar-refractivity contribution in [1.82, 2.24) is 15.1 Å². The summed E-state index contributed by atoms with van der Waals surface area (Å²) in [5, 5.41) is 3.22. The number of amides is 1. The van der Waals surface area contributed by atoms with Gasteiger partial charge in [0.25, 0.3) is 0 Å². The van der Waals surface area contributed by atoms with Crippen LogP contribution in [0.4, 0.5) is 0 Å². The molecule has 148 valence electrons. The van der Waals surface area contributed by atoms with E-state index in [-0.39, 0.29) is 29.9 Å². The Morgan fingerprint density at radius 1 is 1.19 bits per heavy atom. The molecule has 1 aromatic carbocycles. The highest BCUT2D eigenvalue weighted by Crippen LogP contribution is 2.15. The van der Waals surface area contributed by atoms with Crippen LogP contribution >= 0.6 is 24.0 Å². The molecule has 0 fully saturated rings. The summed E-state index contributed by atoms with van der Waals surface area (Å²) in [4.78, 5) is 20.5. The van der Waals surface area contributed by atoms with Crippen LogP contribution < -0.4 is 10.1 Å². The van der Waals surface area contributed by atoms with Gasteiger partial charge < -0.3 is 19.9 Å². The second-order valence-corrected chi connectivity index (χ2v) is 5.77. The van der Waals surface area contributed by atoms with Gasteiger partial charge in [-0.25, -0.2) is 4.99 Å². The van der Waals surface area contributed by atoms with Crippen molar-refractivity contribution < 1.29 is 9.53 Å². The lowest BCUT2D eigenvalue weighted by Crippen LogP contribution is -2.45. The lowest BCUT2D eigenvalue weighted by atomic mass is 10.2. The number of carbonyl (C=O) groups is 1. The summed E-state index contributed by atoms with van der Waals surface area (Å²) in [5.41, 5.74) is 1.11. The van der Waals surface area contributed by atoms with Crippen LogP contribution in [0.2, 0.25) is 0 Å². The van der Waals surface area contributed by atoms with Gasteiger partial charge in [-0.15, -0.1) is 24.0 Å². The number of aryl methyl sites for hydroxylation is 1. The van der Waals surface area contributed by atoms with Crippen molar-refractivity contribution in [3.63, 3.8) is 0 Å². The number of para-hydroxylation sites is 1. The molecule has 0 bridgehead atoms. The molecule has 0 aliphatic heterocycles. The maximum Gasteiger partial charge on any atom is 0.242 e. The second-order valence-electron chi connectivity index (χ2n) is 5.77. The summed E-state index contributed by atoms with van der Waals surface area (Å²) >= 11 is 0. The van der Waals surface area contributed by atoms with Crippen LogP contribution in [-0.4, -0.2) is 68.0 Å². The molecule has 1 rings (SSSR count). The normalized spacial score (nSPS) is 10.7. The molecule has 1 N–H and O–H groups in total. The van der Waals surface area contributed by atoms with Crippen LogP contribution in [0.1, 0.15) is 26.3 Å². The molecule has 0 saturated carbocycles. The predicted molar refractivity (Wildman–Crippen MR) is 119 cm³/mol. The number of nitrogens with one attached hydrogen (secondary N) is 1. The van der Waals surface area contributed by atoms with Crippen molar-refractivity contribution >= 4 is 35.8 Å². The molecular weight excluding hydrogens is 443 g/mol. The third-order valence-corrected chi connectivity index (χ3v) is 3.89. The first-order valence-corrected chi connectivity index (χ1v) is 8.99. The number of likely N-dealkylation sites (N-methyl/N-ethyl adjacent to an activating group) is 2. The average Bonchev–Trinajstić information content (AvgIpc) is 2.60. The number of hydrogen-bond donors (Lipinski definition) is 1. The molecule has 0 aliphatic rings. The average molecular weight is 476 g/mol. The molecule has 0 atom stereocenters. The van der Waals surface area contributed by atoms with Gasteiger partial charge in [-0.05, 0) is 39.3 Å². The van der Waals surface area contributed by atoms with Gasteiger partial charge in [-0.1, -0.05) is 18.2 Å². The molecule has 26 heavy (non-hydrogen) atoms. The molecule has 0 unspecified atom stereocenters. The SMILES string of the molecule is CCNC(=NCCOc1ccccc1C)N(C)CC(=O)N(CC)CC.I. The van der Waals surface area contributed by atoms with Gasteiger partial charge in [0.15, 0.2) is 5.96 Å². The number of rotatable bonds is 9. The number of benzene rings is 1. The van der Waals surface area contributed by atoms with Crippen LogP contribution in [0.5, 0.6) is 5.75 Å². The number of ether oxygens (including phenoxy) is 1. The number of nitrogens with zero attached hydrogens (tertiary/aromatic N) is 3. The van der Waals surface area contributed by atoms with Crippen molar-refractivity contribution in [2.24, 2.45) is 4.99 Å². The number of hydrogen-bond acceptors (Lipinski definition) is 3. The number of guanidine groups is 1. The Hall–Kier alpha value is -1.51. The molecule has 0 radical (unpaired) electrons. The smallest absolute Gasteiger partial charge is 0.242 e. The molecule has 0 saturated heterocycles. The lowest BCUT2D eigenvalue weighted by molar-refractivity contribution is -0.131. The highest BCUT2D eigenvalue weighted by molar-refractivity contribution is 14.0. The fraction of sp³-hybridized carbons (Fsp3) is 0.579. The first-order chi connectivity index (χ1) is 12.0. The highest BCUT2D eigenvalue weighted by atomic mass is 127. The zero-order valence-corrected chi connectivity index (χ0v) is 18.9. The molecule has 0 aliphatic carbocycles. The van der Waals surface area contributed by atoms with E-state index in [1.807, 2.05) is 68.8 Å². The van der Waals surface area contributed by atoms with Gasteiger partial charge in [-0.3, -0.25) is 4.79 Å². The van der Waals surface area contributed by atoms with Crippen LogP contribution in [0.15, 0.2) is 29.3 Å². The van der Waals surface area contributed by atoms with Gasteiger partial charge in [0.2, 0.25) is 5.91 Å². The van der Waals surface area contributed by atoms with Gasteiger partial charge >= 0.3 is 0 Å². The first-order valence-electron chi connectivity index (χ1n) is 8.99. The van der Waals surface area contributed by atoms with E-state index >= 15 is 0 Å². The summed E-state index contributed by atoms with van der Waals surface area (Å²) in [6.07, 6.45) is 0. The monoisotopic (exact) mass is 476 g/mol. The van der Waals surface area contributed by atoms with Gasteiger partial charge in [-0.2, -0.15) is 0 Å². The Labute approximate surface area is 175 Å². The minimum Gasteiger partial charge on any atom is -0.491 e. The summed E-state index contributed by atoms with van der Waals surface area (Å²) < 4.78 is 5.77. The largest absolute Gasteiger partial charge is 0.491 e. The molecule has 6 nitrogen and oxygen atoms in total. The molecule has 0 aromatic heterocycles. The van der Waals surface area contributed by atoms with E-state index in [0.717, 1.165) is 36.9 Å². The molecule has 0 heterocycles. The van der Waals surface area contributed by atoms with E-state index in [0.29, 0.717) is 19.7 Å². The van der Waals surface area contributed by atoms with E-state index in [9.17, 15) is 4.79 Å². The fourth-order valence-electron chi connectivity index (χ4n) is 2.45. The summed E-state index contributed by atoms with van der Waals surface area (Å²) in [7, 11) is 1.88. The maximum atomic E-state index is 12.3. The topological polar surface area (TPSA) is 57.2 Å². The van der Waals surface area contributed by atoms with Crippen molar-refractivity contribution in [3.8, 4) is 5.75 Å². The molecule has 1 amide bonds. The third-order valence-electron chi connectivity index (χ3n) is 3.89. The highest BCUT2D eigenvalue weighted by Gasteiger charge is 2.14. The Bertz CT molecular complexity index is 562. The Morgan fingerprint density at radius 3 is 2.42 bits per heavy atom. The predicted octanol–water partition coefficient (Wildman–Crippen LogP) is 2.76. The third kappa shape index (κ3) is 8.25. The van der Waals surface area contributed by atoms with Crippen LogP contribution in [-0.2, 0) is 4.79 Å². The van der Waals surface area contributed by atoms with Crippen LogP contribution in [0.3, 0.4) is 0 Å². The van der Waals surface area contributed by atoms with Crippen molar-refractivity contribution in [3.05, 3.63) is 29.8 Å². The van der Waals surface area contributed by atoms with E-state index in [1.54, 1.807) is 0 Å².